The van der Waals surface area contributed by atoms with Crippen LogP contribution in [0.25, 0.3) is 0 Å². The van der Waals surface area contributed by atoms with Gasteiger partial charge in [-0.15, -0.1) is 6.58 Å². The third-order valence-electron chi connectivity index (χ3n) is 0.563. The molecule has 0 aromatic heterocycles. The van der Waals surface area contributed by atoms with Gasteiger partial charge in [-0.2, -0.15) is 0 Å². The fourth-order valence-electron chi connectivity index (χ4n) is 0.229. The van der Waals surface area contributed by atoms with Crippen LogP contribution in [0.5, 0.6) is 0 Å². The van der Waals surface area contributed by atoms with E-state index in [1.54, 1.807) is 6.08 Å². The molecule has 9 heavy (non-hydrogen) atoms. The lowest BCUT2D eigenvalue weighted by Crippen LogP contribution is -1.82. The maximum atomic E-state index is 7.87. The summed E-state index contributed by atoms with van der Waals surface area (Å²) in [6, 6.07) is 0. The van der Waals surface area contributed by atoms with Gasteiger partial charge in [-0.05, 0) is 0 Å². The first-order valence-corrected chi connectivity index (χ1v) is 3.33. The van der Waals surface area contributed by atoms with Crippen LogP contribution < -0.4 is 0 Å². The average Bonchev–Trinajstić information content (AvgIpc) is 1.89. The van der Waals surface area contributed by atoms with Gasteiger partial charge < -0.3 is 10.0 Å². The molecule has 0 aliphatic rings. The van der Waals surface area contributed by atoms with Crippen LogP contribution in [-0.2, 0) is 4.84 Å². The number of nitrogens with zero attached hydrogens (tertiary/aromatic N) is 2. The molecule has 0 fully saturated rings. The molecular weight excluding hydrogens is 136 g/mol. The van der Waals surface area contributed by atoms with Crippen LogP contribution in [0, 0.1) is 0 Å². The summed E-state index contributed by atoms with van der Waals surface area (Å²) < 4.78 is 0. The average molecular weight is 144 g/mol. The molecule has 0 atom stereocenters. The Bertz CT molecular complexity index is 131. The molecule has 50 valence electrons. The normalized spacial score (nSPS) is 7.11. The fraction of sp³-hybridized carbons (Fsp3) is 0.500. The van der Waals surface area contributed by atoms with Crippen LogP contribution in [0.15, 0.2) is 22.2 Å². The Morgan fingerprint density at radius 3 is 3.11 bits per heavy atom. The van der Waals surface area contributed by atoms with Crippen LogP contribution in [-0.4, -0.2) is 20.9 Å². The van der Waals surface area contributed by atoms with Crippen molar-refractivity contribution in [3.05, 3.63) is 12.7 Å². The Hall–Kier alpha value is -0.843. The van der Waals surface area contributed by atoms with Crippen molar-refractivity contribution in [3.63, 3.8) is 0 Å². The monoisotopic (exact) mass is 144 g/mol. The lowest BCUT2D eigenvalue weighted by Gasteiger charge is -1.89. The Labute approximate surface area is 55.4 Å². The van der Waals surface area contributed by atoms with Crippen molar-refractivity contribution in [2.75, 3.05) is 6.61 Å². The third-order valence-corrected chi connectivity index (χ3v) is 0.864. The zero-order valence-electron chi connectivity index (χ0n) is 4.95. The van der Waals surface area contributed by atoms with Gasteiger partial charge >= 0.3 is 9.10 Å². The standard InChI is InChI=1S/C4H8N2O2Si/c1-2-3-4-8-6-9-5-7/h2,7H,1,3-4H2. The summed E-state index contributed by atoms with van der Waals surface area (Å²) in [5, 5.41) is 7.87. The molecule has 0 amide bonds. The van der Waals surface area contributed by atoms with E-state index in [0.717, 1.165) is 6.42 Å². The van der Waals surface area contributed by atoms with Crippen LogP contribution in [0.4, 0.5) is 0 Å². The van der Waals surface area contributed by atoms with Crippen LogP contribution >= 0.6 is 0 Å². The molecule has 0 bridgehead atoms. The first-order valence-electron chi connectivity index (χ1n) is 2.43. The van der Waals surface area contributed by atoms with Crippen LogP contribution in [0.3, 0.4) is 0 Å². The van der Waals surface area contributed by atoms with E-state index in [1.165, 1.54) is 0 Å². The summed E-state index contributed by atoms with van der Waals surface area (Å²) in [4.78, 5) is 10.8. The Morgan fingerprint density at radius 1 is 1.78 bits per heavy atom. The molecule has 0 aromatic rings. The van der Waals surface area contributed by atoms with Gasteiger partial charge in [-0.3, -0.25) is 0 Å². The second-order valence-corrected chi connectivity index (χ2v) is 1.78. The van der Waals surface area contributed by atoms with Gasteiger partial charge in [0.1, 0.15) is 6.61 Å². The predicted octanol–water partition coefficient (Wildman–Crippen LogP) is 0.955. The minimum Gasteiger partial charge on any atom is -0.411 e. The van der Waals surface area contributed by atoms with Crippen molar-refractivity contribution in [2.45, 2.75) is 6.42 Å². The van der Waals surface area contributed by atoms with Crippen molar-refractivity contribution in [1.82, 2.24) is 0 Å². The summed E-state index contributed by atoms with van der Waals surface area (Å²) >= 11 is 0. The Balaban J connectivity index is 3.09. The lowest BCUT2D eigenvalue weighted by atomic mass is 10.5. The molecule has 0 aliphatic carbocycles. The molecule has 1 N–H and O–H groups in total. The molecule has 4 nitrogen and oxygen atoms in total. The molecule has 0 spiro atoms. The second kappa shape index (κ2) is 7.16. The van der Waals surface area contributed by atoms with Crippen molar-refractivity contribution in [2.24, 2.45) is 9.59 Å². The van der Waals surface area contributed by atoms with Gasteiger partial charge in [0.25, 0.3) is 0 Å². The summed E-state index contributed by atoms with van der Waals surface area (Å²) in [6.07, 6.45) is 2.49. The van der Waals surface area contributed by atoms with E-state index in [2.05, 4.69) is 21.0 Å². The molecule has 5 heteroatoms. The number of hydrogen-bond donors (Lipinski definition) is 1. The van der Waals surface area contributed by atoms with E-state index in [9.17, 15) is 0 Å². The van der Waals surface area contributed by atoms with Gasteiger partial charge in [0, 0.05) is 6.42 Å². The fourth-order valence-corrected chi connectivity index (χ4v) is 0.414. The predicted molar refractivity (Wildman–Crippen MR) is 33.2 cm³/mol. The molecule has 0 radical (unpaired) electrons. The largest absolute Gasteiger partial charge is 0.411 e. The SMILES string of the molecule is C=CCCON=[Si]=NO. The molecular formula is C4H8N2O2Si. The molecule has 0 rings (SSSR count). The van der Waals surface area contributed by atoms with E-state index >= 15 is 0 Å². The zero-order chi connectivity index (χ0) is 6.95. The lowest BCUT2D eigenvalue weighted by molar-refractivity contribution is 0.152. The maximum Gasteiger partial charge on any atom is 0.321 e. The van der Waals surface area contributed by atoms with Gasteiger partial charge in [0.05, 0.1) is 0 Å². The van der Waals surface area contributed by atoms with Crippen LogP contribution in [0.2, 0.25) is 0 Å². The summed E-state index contributed by atoms with van der Waals surface area (Å²) in [5.41, 5.74) is 0. The first kappa shape index (κ1) is 8.16. The molecule has 0 heterocycles. The zero-order valence-corrected chi connectivity index (χ0v) is 5.95. The number of hydrogen-bond acceptors (Lipinski definition) is 4. The molecule has 0 saturated carbocycles. The molecule has 0 saturated heterocycles. The van der Waals surface area contributed by atoms with Gasteiger partial charge in [0.2, 0.25) is 0 Å². The highest BCUT2D eigenvalue weighted by molar-refractivity contribution is 6.05. The topological polar surface area (TPSA) is 54.2 Å². The van der Waals surface area contributed by atoms with Crippen molar-refractivity contribution < 1.29 is 10.0 Å². The van der Waals surface area contributed by atoms with Gasteiger partial charge in [-0.1, -0.05) is 15.7 Å². The highest BCUT2D eigenvalue weighted by Gasteiger charge is 1.75. The quantitative estimate of drug-likeness (QED) is 0.276. The van der Waals surface area contributed by atoms with E-state index < -0.39 is 0 Å². The summed E-state index contributed by atoms with van der Waals surface area (Å²) in [6.45, 7) is 3.99. The smallest absolute Gasteiger partial charge is 0.321 e. The van der Waals surface area contributed by atoms with Crippen molar-refractivity contribution in [1.29, 1.82) is 0 Å². The molecule has 0 unspecified atom stereocenters. The molecule has 0 aromatic carbocycles. The summed E-state index contributed by atoms with van der Waals surface area (Å²) in [7, 11) is -0.225. The third kappa shape index (κ3) is 7.16. The first-order chi connectivity index (χ1) is 4.41. The van der Waals surface area contributed by atoms with E-state index in [-0.39, 0.29) is 9.10 Å². The Morgan fingerprint density at radius 2 is 2.56 bits per heavy atom. The maximum absolute atomic E-state index is 7.87. The summed E-state index contributed by atoms with van der Waals surface area (Å²) in [5.74, 6) is 0. The van der Waals surface area contributed by atoms with E-state index in [0.29, 0.717) is 6.61 Å². The minimum atomic E-state index is -0.225. The highest BCUT2D eigenvalue weighted by atomic mass is 28.2. The van der Waals surface area contributed by atoms with Crippen molar-refractivity contribution in [3.8, 4) is 0 Å². The second-order valence-electron chi connectivity index (χ2n) is 1.20. The van der Waals surface area contributed by atoms with Gasteiger partial charge in [0.15, 0.2) is 0 Å². The van der Waals surface area contributed by atoms with Crippen molar-refractivity contribution >= 4 is 9.10 Å². The Kier molecular flexibility index (Phi) is 6.49. The van der Waals surface area contributed by atoms with E-state index in [1.807, 2.05) is 0 Å². The van der Waals surface area contributed by atoms with Gasteiger partial charge in [-0.25, -0.2) is 0 Å². The minimum absolute atomic E-state index is 0.225. The number of rotatable bonds is 4. The van der Waals surface area contributed by atoms with E-state index in [4.69, 9.17) is 5.21 Å². The highest BCUT2D eigenvalue weighted by Crippen LogP contribution is 1.80. The molecule has 0 aliphatic heterocycles. The van der Waals surface area contributed by atoms with Crippen LogP contribution in [0.1, 0.15) is 6.42 Å².